The molecule has 0 heterocycles. The number of esters is 1. The van der Waals surface area contributed by atoms with Crippen LogP contribution < -0.4 is 0 Å². The number of carboxylic acid groups (broad SMARTS) is 4. The van der Waals surface area contributed by atoms with Crippen LogP contribution in [-0.4, -0.2) is 56.9 Å². The summed E-state index contributed by atoms with van der Waals surface area (Å²) in [5, 5.41) is 29.7. The van der Waals surface area contributed by atoms with Crippen molar-refractivity contribution in [3.05, 3.63) is 0 Å². The first-order chi connectivity index (χ1) is 13.2. The zero-order chi connectivity index (χ0) is 24.3. The average molecular weight is 427 g/mol. The van der Waals surface area contributed by atoms with Crippen LogP contribution in [0.5, 0.6) is 0 Å². The van der Waals surface area contributed by atoms with Crippen LogP contribution in [0.1, 0.15) is 86.5 Å². The van der Waals surface area contributed by atoms with Crippen LogP contribution in [0.15, 0.2) is 0 Å². The predicted octanol–water partition coefficient (Wildman–Crippen LogP) is 3.66. The lowest BCUT2D eigenvalue weighted by molar-refractivity contribution is -0.143. The summed E-state index contributed by atoms with van der Waals surface area (Å²) in [4.78, 5) is 46.9. The van der Waals surface area contributed by atoms with Gasteiger partial charge < -0.3 is 25.2 Å². The quantitative estimate of drug-likeness (QED) is 0.331. The van der Waals surface area contributed by atoms with Crippen LogP contribution in [0, 0.1) is 0 Å². The molecule has 4 N–H and O–H groups in total. The molecule has 0 saturated carbocycles. The van der Waals surface area contributed by atoms with Crippen molar-refractivity contribution < 1.29 is 49.1 Å². The summed E-state index contributed by atoms with van der Waals surface area (Å²) in [5.74, 6) is -3.38. The summed E-state index contributed by atoms with van der Waals surface area (Å²) < 4.78 is 4.83. The highest BCUT2D eigenvalue weighted by atomic mass is 16.5. The van der Waals surface area contributed by atoms with Crippen LogP contribution in [0.4, 0.5) is 0 Å². The van der Waals surface area contributed by atoms with E-state index in [-0.39, 0.29) is 5.97 Å². The summed E-state index contributed by atoms with van der Waals surface area (Å²) in [7, 11) is 0. The molecule has 0 fully saturated rings. The lowest BCUT2D eigenvalue weighted by Crippen LogP contribution is -2.03. The Hall–Kier alpha value is -2.65. The van der Waals surface area contributed by atoms with Gasteiger partial charge in [-0.05, 0) is 13.3 Å². The Balaban J connectivity index is -0.0000000984. The van der Waals surface area contributed by atoms with Crippen LogP contribution >= 0.6 is 0 Å². The van der Waals surface area contributed by atoms with Crippen molar-refractivity contribution in [1.29, 1.82) is 0 Å². The van der Waals surface area contributed by atoms with E-state index in [1.807, 2.05) is 6.92 Å². The molecule has 0 aromatic carbocycles. The smallest absolute Gasteiger partial charge is 0.305 e. The topological polar surface area (TPSA) is 175 Å². The van der Waals surface area contributed by atoms with Crippen molar-refractivity contribution in [2.24, 2.45) is 0 Å². The zero-order valence-corrected chi connectivity index (χ0v) is 18.4. The normalized spacial score (nSPS) is 7.93. The Bertz CT molecular complexity index is 355. The van der Waals surface area contributed by atoms with Crippen molar-refractivity contribution in [1.82, 2.24) is 0 Å². The van der Waals surface area contributed by atoms with E-state index < -0.39 is 23.9 Å². The second kappa shape index (κ2) is 33.0. The molecule has 0 atom stereocenters. The molecule has 0 aliphatic rings. The van der Waals surface area contributed by atoms with Gasteiger partial charge in [0.15, 0.2) is 0 Å². The Morgan fingerprint density at radius 1 is 0.586 bits per heavy atom. The minimum absolute atomic E-state index is 0.0435. The van der Waals surface area contributed by atoms with Crippen molar-refractivity contribution >= 4 is 29.8 Å². The summed E-state index contributed by atoms with van der Waals surface area (Å²) in [6.07, 6.45) is 7.91. The fourth-order valence-electron chi connectivity index (χ4n) is 1.28. The molecule has 0 amide bonds. The minimum atomic E-state index is -0.833. The number of carbonyl (C=O) groups is 5. The highest BCUT2D eigenvalue weighted by Crippen LogP contribution is 2.07. The first kappa shape index (κ1) is 37.1. The molecule has 10 heteroatoms. The third-order valence-electron chi connectivity index (χ3n) is 2.04. The molecule has 0 aromatic rings. The molecule has 0 unspecified atom stereocenters. The number of hydrogen-bond donors (Lipinski definition) is 4. The third kappa shape index (κ3) is 198. The molecule has 29 heavy (non-hydrogen) atoms. The van der Waals surface area contributed by atoms with E-state index in [1.54, 1.807) is 0 Å². The standard InChI is InChI=1S/C11H22O2.4C2H4O2/c1-3-5-6-7-8-9-10-11(12)13-4-2;4*1-2(3)4/h3-10H2,1-2H3;4*1H3,(H,3,4). The maximum absolute atomic E-state index is 10.9. The lowest BCUT2D eigenvalue weighted by atomic mass is 10.1. The van der Waals surface area contributed by atoms with Gasteiger partial charge in [-0.2, -0.15) is 0 Å². The maximum atomic E-state index is 10.9. The van der Waals surface area contributed by atoms with E-state index in [2.05, 4.69) is 6.92 Å². The molecular weight excluding hydrogens is 388 g/mol. The van der Waals surface area contributed by atoms with Crippen molar-refractivity contribution in [3.63, 3.8) is 0 Å². The first-order valence-corrected chi connectivity index (χ1v) is 9.18. The molecule has 0 rings (SSSR count). The number of aliphatic carboxylic acids is 4. The molecule has 0 aliphatic carbocycles. The average Bonchev–Trinajstić information content (AvgIpc) is 2.49. The number of ether oxygens (including phenoxy) is 1. The summed E-state index contributed by atoms with van der Waals surface area (Å²) in [6, 6.07) is 0. The van der Waals surface area contributed by atoms with Gasteiger partial charge in [-0.1, -0.05) is 39.0 Å². The van der Waals surface area contributed by atoms with E-state index in [4.69, 9.17) is 44.3 Å². The Morgan fingerprint density at radius 3 is 1.14 bits per heavy atom. The van der Waals surface area contributed by atoms with Crippen molar-refractivity contribution in [2.75, 3.05) is 6.61 Å². The maximum Gasteiger partial charge on any atom is 0.305 e. The van der Waals surface area contributed by atoms with Gasteiger partial charge in [-0.15, -0.1) is 0 Å². The number of rotatable bonds is 8. The first-order valence-electron chi connectivity index (χ1n) is 9.18. The number of carboxylic acids is 4. The van der Waals surface area contributed by atoms with E-state index in [9.17, 15) is 4.79 Å². The van der Waals surface area contributed by atoms with E-state index in [0.717, 1.165) is 34.1 Å². The van der Waals surface area contributed by atoms with E-state index in [0.29, 0.717) is 13.0 Å². The van der Waals surface area contributed by atoms with Crippen molar-refractivity contribution in [3.8, 4) is 0 Å². The SMILES string of the molecule is CC(=O)O.CC(=O)O.CC(=O)O.CC(=O)O.CCCCCCCCC(=O)OCC. The highest BCUT2D eigenvalue weighted by Gasteiger charge is 1.99. The van der Waals surface area contributed by atoms with Crippen LogP contribution in [0.2, 0.25) is 0 Å². The summed E-state index contributed by atoms with van der Waals surface area (Å²) in [6.45, 7) is 8.90. The van der Waals surface area contributed by atoms with E-state index >= 15 is 0 Å². The molecule has 10 nitrogen and oxygen atoms in total. The monoisotopic (exact) mass is 426 g/mol. The van der Waals surface area contributed by atoms with Crippen LogP contribution in [0.3, 0.4) is 0 Å². The lowest BCUT2D eigenvalue weighted by Gasteiger charge is -2.01. The predicted molar refractivity (Wildman–Crippen MR) is 108 cm³/mol. The fraction of sp³-hybridized carbons (Fsp3) is 0.737. The highest BCUT2D eigenvalue weighted by molar-refractivity contribution is 5.69. The Kier molecular flexibility index (Phi) is 42.2. The summed E-state index contributed by atoms with van der Waals surface area (Å²) >= 11 is 0. The molecule has 0 spiro atoms. The van der Waals surface area contributed by atoms with Gasteiger partial charge in [0.1, 0.15) is 0 Å². The summed E-state index contributed by atoms with van der Waals surface area (Å²) in [5.41, 5.74) is 0. The largest absolute Gasteiger partial charge is 0.481 e. The van der Waals surface area contributed by atoms with Gasteiger partial charge >= 0.3 is 5.97 Å². The zero-order valence-electron chi connectivity index (χ0n) is 18.4. The van der Waals surface area contributed by atoms with Crippen LogP contribution in [-0.2, 0) is 28.7 Å². The van der Waals surface area contributed by atoms with E-state index in [1.165, 1.54) is 32.1 Å². The van der Waals surface area contributed by atoms with Gasteiger partial charge in [0.05, 0.1) is 6.61 Å². The molecule has 0 bridgehead atoms. The Morgan fingerprint density at radius 2 is 0.862 bits per heavy atom. The molecule has 0 aliphatic heterocycles. The van der Waals surface area contributed by atoms with Crippen LogP contribution in [0.25, 0.3) is 0 Å². The van der Waals surface area contributed by atoms with Gasteiger partial charge in [0, 0.05) is 34.1 Å². The molecule has 0 saturated heterocycles. The van der Waals surface area contributed by atoms with Crippen molar-refractivity contribution in [2.45, 2.75) is 86.5 Å². The fourth-order valence-corrected chi connectivity index (χ4v) is 1.28. The number of carbonyl (C=O) groups excluding carboxylic acids is 1. The van der Waals surface area contributed by atoms with Gasteiger partial charge in [0.2, 0.25) is 0 Å². The number of unbranched alkanes of at least 4 members (excludes halogenated alkanes) is 5. The van der Waals surface area contributed by atoms with Gasteiger partial charge in [0.25, 0.3) is 23.9 Å². The Labute approximate surface area is 172 Å². The molecule has 174 valence electrons. The number of hydrogen-bond acceptors (Lipinski definition) is 6. The second-order valence-corrected chi connectivity index (χ2v) is 5.40. The molecule has 0 aromatic heterocycles. The van der Waals surface area contributed by atoms with Gasteiger partial charge in [-0.3, -0.25) is 24.0 Å². The van der Waals surface area contributed by atoms with Gasteiger partial charge in [-0.25, -0.2) is 0 Å². The molecular formula is C19H38O10. The third-order valence-corrected chi connectivity index (χ3v) is 2.04. The minimum Gasteiger partial charge on any atom is -0.481 e. The molecule has 0 radical (unpaired) electrons. The second-order valence-electron chi connectivity index (χ2n) is 5.40.